The molecule has 0 amide bonds. The second-order valence-electron chi connectivity index (χ2n) is 1.71. The first kappa shape index (κ1) is 6.29. The summed E-state index contributed by atoms with van der Waals surface area (Å²) in [6.07, 6.45) is 0. The molecule has 0 aliphatic rings. The number of nitrogens with zero attached hydrogens (tertiary/aromatic N) is 2. The Morgan fingerprint density at radius 1 is 1.56 bits per heavy atom. The number of anilines is 1. The summed E-state index contributed by atoms with van der Waals surface area (Å²) < 4.78 is 0. The number of rotatable bonds is 0. The second-order valence-corrected chi connectivity index (χ2v) is 2.10. The van der Waals surface area contributed by atoms with Crippen molar-refractivity contribution in [2.75, 3.05) is 5.73 Å². The van der Waals surface area contributed by atoms with Crippen LogP contribution in [0.5, 0.6) is 0 Å². The highest BCUT2D eigenvalue weighted by Gasteiger charge is 1.94. The SMILES string of the molecule is Cc1nnc(Cl)cc1N. The number of nitrogen functional groups attached to an aromatic ring is 1. The third-order valence-corrected chi connectivity index (χ3v) is 1.17. The third-order valence-electron chi connectivity index (χ3n) is 0.988. The Balaban J connectivity index is 3.17. The zero-order valence-corrected chi connectivity index (χ0v) is 5.68. The normalized spacial score (nSPS) is 9.56. The minimum Gasteiger partial charge on any atom is -0.397 e. The molecule has 0 aromatic carbocycles. The standard InChI is InChI=1S/C5H6ClN3/c1-3-4(7)2-5(6)9-8-3/h2H,1H3,(H2,7,9). The maximum atomic E-state index is 5.46. The molecule has 9 heavy (non-hydrogen) atoms. The number of hydrogen-bond donors (Lipinski definition) is 1. The lowest BCUT2D eigenvalue weighted by Gasteiger charge is -1.94. The summed E-state index contributed by atoms with van der Waals surface area (Å²) in [5.41, 5.74) is 6.72. The second kappa shape index (κ2) is 2.19. The van der Waals surface area contributed by atoms with Gasteiger partial charge in [0.2, 0.25) is 0 Å². The molecule has 0 bridgehead atoms. The predicted molar refractivity (Wildman–Crippen MR) is 36.2 cm³/mol. The quantitative estimate of drug-likeness (QED) is 0.590. The van der Waals surface area contributed by atoms with Gasteiger partial charge >= 0.3 is 0 Å². The highest BCUT2D eigenvalue weighted by Crippen LogP contribution is 2.10. The highest BCUT2D eigenvalue weighted by atomic mass is 35.5. The summed E-state index contributed by atoms with van der Waals surface area (Å²) in [4.78, 5) is 0. The number of aromatic nitrogens is 2. The van der Waals surface area contributed by atoms with E-state index in [1.54, 1.807) is 13.0 Å². The van der Waals surface area contributed by atoms with Gasteiger partial charge < -0.3 is 5.73 Å². The van der Waals surface area contributed by atoms with Crippen LogP contribution < -0.4 is 5.73 Å². The minimum atomic E-state index is 0.332. The summed E-state index contributed by atoms with van der Waals surface area (Å²) >= 11 is 5.46. The lowest BCUT2D eigenvalue weighted by molar-refractivity contribution is 0.985. The molecule has 0 atom stereocenters. The third kappa shape index (κ3) is 1.29. The van der Waals surface area contributed by atoms with Gasteiger partial charge in [-0.3, -0.25) is 0 Å². The van der Waals surface area contributed by atoms with E-state index in [2.05, 4.69) is 10.2 Å². The van der Waals surface area contributed by atoms with Crippen LogP contribution in [0.3, 0.4) is 0 Å². The molecule has 0 aliphatic carbocycles. The van der Waals surface area contributed by atoms with Gasteiger partial charge in [0.15, 0.2) is 5.15 Å². The van der Waals surface area contributed by atoms with Crippen molar-refractivity contribution in [2.24, 2.45) is 0 Å². The summed E-state index contributed by atoms with van der Waals surface area (Å²) in [6, 6.07) is 1.57. The van der Waals surface area contributed by atoms with E-state index in [1.165, 1.54) is 0 Å². The lowest BCUT2D eigenvalue weighted by Crippen LogP contribution is -1.94. The van der Waals surface area contributed by atoms with Crippen LogP contribution in [0, 0.1) is 6.92 Å². The minimum absolute atomic E-state index is 0.332. The van der Waals surface area contributed by atoms with Crippen molar-refractivity contribution in [2.45, 2.75) is 6.92 Å². The molecule has 48 valence electrons. The van der Waals surface area contributed by atoms with Crippen LogP contribution in [-0.2, 0) is 0 Å². The Morgan fingerprint density at radius 2 is 2.22 bits per heavy atom. The maximum Gasteiger partial charge on any atom is 0.153 e. The van der Waals surface area contributed by atoms with Gasteiger partial charge in [-0.2, -0.15) is 5.10 Å². The number of hydrogen-bond acceptors (Lipinski definition) is 3. The fourth-order valence-corrected chi connectivity index (χ4v) is 0.597. The van der Waals surface area contributed by atoms with E-state index >= 15 is 0 Å². The van der Waals surface area contributed by atoms with E-state index in [1.807, 2.05) is 0 Å². The molecule has 1 aromatic rings. The Labute approximate surface area is 57.8 Å². The average molecular weight is 144 g/mol. The van der Waals surface area contributed by atoms with Crippen molar-refractivity contribution >= 4 is 17.3 Å². The number of aryl methyl sites for hydroxylation is 1. The number of nitrogens with two attached hydrogens (primary N) is 1. The van der Waals surface area contributed by atoms with Crippen LogP contribution in [0.4, 0.5) is 5.69 Å². The zero-order valence-electron chi connectivity index (χ0n) is 4.93. The molecular weight excluding hydrogens is 138 g/mol. The van der Waals surface area contributed by atoms with Crippen molar-refractivity contribution in [1.29, 1.82) is 0 Å². The van der Waals surface area contributed by atoms with Crippen LogP contribution >= 0.6 is 11.6 Å². The summed E-state index contributed by atoms with van der Waals surface area (Å²) in [7, 11) is 0. The Hall–Kier alpha value is -0.830. The van der Waals surface area contributed by atoms with E-state index < -0.39 is 0 Å². The first-order valence-corrected chi connectivity index (χ1v) is 2.83. The highest BCUT2D eigenvalue weighted by molar-refractivity contribution is 6.29. The van der Waals surface area contributed by atoms with Gasteiger partial charge in [-0.25, -0.2) is 0 Å². The topological polar surface area (TPSA) is 51.8 Å². The molecule has 0 saturated carbocycles. The summed E-state index contributed by atoms with van der Waals surface area (Å²) in [6.45, 7) is 1.78. The molecule has 0 spiro atoms. The molecular formula is C5H6ClN3. The van der Waals surface area contributed by atoms with Crippen molar-refractivity contribution in [3.8, 4) is 0 Å². The van der Waals surface area contributed by atoms with Crippen molar-refractivity contribution in [3.05, 3.63) is 16.9 Å². The maximum absolute atomic E-state index is 5.46. The van der Waals surface area contributed by atoms with Gasteiger partial charge in [0, 0.05) is 6.07 Å². The molecule has 2 N–H and O–H groups in total. The van der Waals surface area contributed by atoms with Gasteiger partial charge in [-0.05, 0) is 6.92 Å². The van der Waals surface area contributed by atoms with E-state index in [0.717, 1.165) is 0 Å². The molecule has 3 nitrogen and oxygen atoms in total. The molecule has 0 fully saturated rings. The van der Waals surface area contributed by atoms with Crippen molar-refractivity contribution < 1.29 is 0 Å². The lowest BCUT2D eigenvalue weighted by atomic mass is 10.4. The van der Waals surface area contributed by atoms with Gasteiger partial charge in [0.25, 0.3) is 0 Å². The fourth-order valence-electron chi connectivity index (χ4n) is 0.442. The van der Waals surface area contributed by atoms with E-state index in [9.17, 15) is 0 Å². The molecule has 0 unspecified atom stereocenters. The largest absolute Gasteiger partial charge is 0.397 e. The number of halogens is 1. The Kier molecular flexibility index (Phi) is 1.53. The van der Waals surface area contributed by atoms with Crippen molar-refractivity contribution in [1.82, 2.24) is 10.2 Å². The van der Waals surface area contributed by atoms with E-state index in [0.29, 0.717) is 16.5 Å². The molecule has 0 radical (unpaired) electrons. The first-order valence-electron chi connectivity index (χ1n) is 2.45. The van der Waals surface area contributed by atoms with Crippen LogP contribution in [0.15, 0.2) is 6.07 Å². The average Bonchev–Trinajstić information content (AvgIpc) is 1.80. The van der Waals surface area contributed by atoms with Gasteiger partial charge in [0.1, 0.15) is 0 Å². The monoisotopic (exact) mass is 143 g/mol. The van der Waals surface area contributed by atoms with E-state index in [-0.39, 0.29) is 0 Å². The van der Waals surface area contributed by atoms with Gasteiger partial charge in [-0.1, -0.05) is 11.6 Å². The first-order chi connectivity index (χ1) is 4.20. The van der Waals surface area contributed by atoms with Crippen LogP contribution in [0.25, 0.3) is 0 Å². The van der Waals surface area contributed by atoms with Gasteiger partial charge in [0.05, 0.1) is 11.4 Å². The fraction of sp³-hybridized carbons (Fsp3) is 0.200. The van der Waals surface area contributed by atoms with Gasteiger partial charge in [-0.15, -0.1) is 5.10 Å². The predicted octanol–water partition coefficient (Wildman–Crippen LogP) is 1.02. The van der Waals surface area contributed by atoms with Crippen LogP contribution in [-0.4, -0.2) is 10.2 Å². The van der Waals surface area contributed by atoms with E-state index in [4.69, 9.17) is 17.3 Å². The molecule has 4 heteroatoms. The smallest absolute Gasteiger partial charge is 0.153 e. The molecule has 0 saturated heterocycles. The molecule has 1 rings (SSSR count). The summed E-state index contributed by atoms with van der Waals surface area (Å²) in [5.74, 6) is 0. The Bertz CT molecular complexity index is 223. The van der Waals surface area contributed by atoms with Crippen LogP contribution in [0.2, 0.25) is 5.15 Å². The summed E-state index contributed by atoms with van der Waals surface area (Å²) in [5, 5.41) is 7.58. The molecule has 1 aromatic heterocycles. The Morgan fingerprint density at radius 3 is 2.67 bits per heavy atom. The van der Waals surface area contributed by atoms with Crippen molar-refractivity contribution in [3.63, 3.8) is 0 Å². The molecule has 0 aliphatic heterocycles. The molecule has 1 heterocycles. The zero-order chi connectivity index (χ0) is 6.85. The van der Waals surface area contributed by atoms with Crippen LogP contribution in [0.1, 0.15) is 5.69 Å².